The van der Waals surface area contributed by atoms with Crippen LogP contribution < -0.4 is 18.9 Å². The van der Waals surface area contributed by atoms with Crippen molar-refractivity contribution in [1.82, 2.24) is 0 Å². The molecule has 1 heterocycles. The minimum absolute atomic E-state index is 0.180. The highest BCUT2D eigenvalue weighted by Gasteiger charge is 2.20. The molecule has 5 nitrogen and oxygen atoms in total. The lowest BCUT2D eigenvalue weighted by Crippen LogP contribution is -2.28. The van der Waals surface area contributed by atoms with Crippen LogP contribution in [0.1, 0.15) is 12.5 Å². The van der Waals surface area contributed by atoms with Crippen molar-refractivity contribution in [2.24, 2.45) is 0 Å². The minimum Gasteiger partial charge on any atom is -0.479 e. The van der Waals surface area contributed by atoms with E-state index in [9.17, 15) is 4.79 Å². The summed E-state index contributed by atoms with van der Waals surface area (Å²) in [5, 5.41) is 0. The summed E-state index contributed by atoms with van der Waals surface area (Å²) in [6.07, 6.45) is -0.716. The smallest absolute Gasteiger partial charge is 0.352 e. The van der Waals surface area contributed by atoms with Gasteiger partial charge in [-0.3, -0.25) is 0 Å². The molecule has 0 fully saturated rings. The topological polar surface area (TPSA) is 54.0 Å². The molecule has 5 heteroatoms. The molecule has 0 saturated heterocycles. The second-order valence-electron chi connectivity index (χ2n) is 5.01. The van der Waals surface area contributed by atoms with Gasteiger partial charge < -0.3 is 18.9 Å². The highest BCUT2D eigenvalue weighted by molar-refractivity contribution is 5.77. The molecule has 0 spiro atoms. The molecule has 0 aromatic heterocycles. The summed E-state index contributed by atoms with van der Waals surface area (Å²) in [6, 6.07) is 12.5. The van der Waals surface area contributed by atoms with Gasteiger partial charge in [0.05, 0.1) is 0 Å². The molecule has 0 saturated carbocycles. The molecule has 0 bridgehead atoms. The third kappa shape index (κ3) is 3.14. The number of esters is 1. The van der Waals surface area contributed by atoms with Crippen LogP contribution >= 0.6 is 0 Å². The molecule has 1 aliphatic heterocycles. The summed E-state index contributed by atoms with van der Waals surface area (Å²) in [4.78, 5) is 12.1. The van der Waals surface area contributed by atoms with Gasteiger partial charge in [0.1, 0.15) is 11.5 Å². The van der Waals surface area contributed by atoms with Crippen molar-refractivity contribution in [3.8, 4) is 23.0 Å². The molecule has 22 heavy (non-hydrogen) atoms. The third-order valence-electron chi connectivity index (χ3n) is 3.20. The van der Waals surface area contributed by atoms with Crippen LogP contribution in [0.5, 0.6) is 23.0 Å². The number of fused-ring (bicyclic) bond motifs is 1. The maximum atomic E-state index is 12.1. The average Bonchev–Trinajstić information content (AvgIpc) is 2.94. The van der Waals surface area contributed by atoms with Gasteiger partial charge in [0.25, 0.3) is 0 Å². The number of carbonyl (C=O) groups excluding carboxylic acids is 1. The summed E-state index contributed by atoms with van der Waals surface area (Å²) in [7, 11) is 0. The van der Waals surface area contributed by atoms with Crippen molar-refractivity contribution in [2.45, 2.75) is 20.0 Å². The van der Waals surface area contributed by atoms with Crippen LogP contribution in [-0.2, 0) is 4.79 Å². The largest absolute Gasteiger partial charge is 0.479 e. The van der Waals surface area contributed by atoms with E-state index in [4.69, 9.17) is 18.9 Å². The third-order valence-corrected chi connectivity index (χ3v) is 3.20. The molecule has 2 aromatic carbocycles. The van der Waals surface area contributed by atoms with Crippen molar-refractivity contribution in [3.63, 3.8) is 0 Å². The lowest BCUT2D eigenvalue weighted by Gasteiger charge is -2.14. The van der Waals surface area contributed by atoms with Gasteiger partial charge >= 0.3 is 5.97 Å². The summed E-state index contributed by atoms with van der Waals surface area (Å²) >= 11 is 0. The first-order chi connectivity index (χ1) is 10.6. The second kappa shape index (κ2) is 5.97. The molecule has 1 aliphatic rings. The molecular weight excluding hydrogens is 284 g/mol. The van der Waals surface area contributed by atoms with Crippen LogP contribution in [0.2, 0.25) is 0 Å². The van der Waals surface area contributed by atoms with Gasteiger partial charge in [-0.15, -0.1) is 0 Å². The molecule has 0 amide bonds. The Hall–Kier alpha value is -2.69. The van der Waals surface area contributed by atoms with Crippen molar-refractivity contribution in [2.75, 3.05) is 6.79 Å². The van der Waals surface area contributed by atoms with E-state index in [1.165, 1.54) is 0 Å². The van der Waals surface area contributed by atoms with Gasteiger partial charge in [0, 0.05) is 6.07 Å². The number of hydrogen-bond donors (Lipinski definition) is 0. The molecule has 2 aromatic rings. The maximum absolute atomic E-state index is 12.1. The van der Waals surface area contributed by atoms with E-state index in [1.54, 1.807) is 31.2 Å². The molecule has 0 N–H and O–H groups in total. The molecule has 0 radical (unpaired) electrons. The zero-order valence-corrected chi connectivity index (χ0v) is 12.4. The van der Waals surface area contributed by atoms with Crippen molar-refractivity contribution >= 4 is 5.97 Å². The van der Waals surface area contributed by atoms with Crippen LogP contribution in [0, 0.1) is 6.92 Å². The Morgan fingerprint density at radius 1 is 1.09 bits per heavy atom. The molecular formula is C17H16O5. The Balaban J connectivity index is 1.64. The molecule has 1 atom stereocenters. The lowest BCUT2D eigenvalue weighted by atomic mass is 10.2. The van der Waals surface area contributed by atoms with Crippen LogP contribution in [0.25, 0.3) is 0 Å². The predicted molar refractivity (Wildman–Crippen MR) is 79.5 cm³/mol. The Labute approximate surface area is 128 Å². The highest BCUT2D eigenvalue weighted by Crippen LogP contribution is 2.35. The van der Waals surface area contributed by atoms with Gasteiger partial charge in [-0.25, -0.2) is 4.79 Å². The number of carbonyl (C=O) groups is 1. The quantitative estimate of drug-likeness (QED) is 0.641. The first-order valence-corrected chi connectivity index (χ1v) is 6.96. The zero-order valence-electron chi connectivity index (χ0n) is 12.4. The van der Waals surface area contributed by atoms with E-state index in [0.717, 1.165) is 5.56 Å². The average molecular weight is 300 g/mol. The Bertz CT molecular complexity index is 695. The molecule has 3 rings (SSSR count). The zero-order chi connectivity index (χ0) is 15.5. The fourth-order valence-corrected chi connectivity index (χ4v) is 2.08. The SMILES string of the molecule is Cc1cccc(O[C@H](C)C(=O)Oc2ccc3c(c2)OCO3)c1. The van der Waals surface area contributed by atoms with Gasteiger partial charge in [-0.2, -0.15) is 0 Å². The van der Waals surface area contributed by atoms with E-state index < -0.39 is 12.1 Å². The number of hydrogen-bond acceptors (Lipinski definition) is 5. The first-order valence-electron chi connectivity index (χ1n) is 6.96. The number of benzene rings is 2. The monoisotopic (exact) mass is 300 g/mol. The van der Waals surface area contributed by atoms with E-state index >= 15 is 0 Å². The fourth-order valence-electron chi connectivity index (χ4n) is 2.08. The summed E-state index contributed by atoms with van der Waals surface area (Å²) < 4.78 is 21.3. The minimum atomic E-state index is -0.716. The van der Waals surface area contributed by atoms with E-state index in [0.29, 0.717) is 23.0 Å². The van der Waals surface area contributed by atoms with Crippen LogP contribution in [0.3, 0.4) is 0 Å². The van der Waals surface area contributed by atoms with Crippen LogP contribution in [-0.4, -0.2) is 18.9 Å². The number of aryl methyl sites for hydroxylation is 1. The Morgan fingerprint density at radius 2 is 1.91 bits per heavy atom. The first kappa shape index (κ1) is 14.3. The summed E-state index contributed by atoms with van der Waals surface area (Å²) in [5.41, 5.74) is 1.06. The van der Waals surface area contributed by atoms with E-state index in [1.807, 2.05) is 25.1 Å². The standard InChI is InChI=1S/C17H16O5/c1-11-4-3-5-13(8-11)21-12(2)17(18)22-14-6-7-15-16(9-14)20-10-19-15/h3-9,12H,10H2,1-2H3/t12-/m1/s1. The van der Waals surface area contributed by atoms with E-state index in [-0.39, 0.29) is 6.79 Å². The van der Waals surface area contributed by atoms with Crippen LogP contribution in [0.15, 0.2) is 42.5 Å². The lowest BCUT2D eigenvalue weighted by molar-refractivity contribution is -0.141. The molecule has 114 valence electrons. The van der Waals surface area contributed by atoms with Crippen molar-refractivity contribution in [3.05, 3.63) is 48.0 Å². The maximum Gasteiger partial charge on any atom is 0.352 e. The van der Waals surface area contributed by atoms with Gasteiger partial charge in [0.2, 0.25) is 6.79 Å². The molecule has 0 unspecified atom stereocenters. The highest BCUT2D eigenvalue weighted by atomic mass is 16.7. The Morgan fingerprint density at radius 3 is 2.73 bits per heavy atom. The fraction of sp³-hybridized carbons (Fsp3) is 0.235. The number of rotatable bonds is 4. The molecule has 0 aliphatic carbocycles. The summed E-state index contributed by atoms with van der Waals surface area (Å²) in [5.74, 6) is 1.77. The van der Waals surface area contributed by atoms with Crippen molar-refractivity contribution < 1.29 is 23.7 Å². The van der Waals surface area contributed by atoms with E-state index in [2.05, 4.69) is 0 Å². The van der Waals surface area contributed by atoms with Gasteiger partial charge in [-0.1, -0.05) is 12.1 Å². The predicted octanol–water partition coefficient (Wildman–Crippen LogP) is 3.10. The van der Waals surface area contributed by atoms with Crippen LogP contribution in [0.4, 0.5) is 0 Å². The van der Waals surface area contributed by atoms with Crippen molar-refractivity contribution in [1.29, 1.82) is 0 Å². The van der Waals surface area contributed by atoms with Gasteiger partial charge in [-0.05, 0) is 43.7 Å². The second-order valence-corrected chi connectivity index (χ2v) is 5.01. The summed E-state index contributed by atoms with van der Waals surface area (Å²) in [6.45, 7) is 3.79. The number of ether oxygens (including phenoxy) is 4. The van der Waals surface area contributed by atoms with Gasteiger partial charge in [0.15, 0.2) is 17.6 Å². The Kier molecular flexibility index (Phi) is 3.87. The normalized spacial score (nSPS) is 13.5.